The fourth-order valence-corrected chi connectivity index (χ4v) is 6.23. The Balaban J connectivity index is 0.000000510. The van der Waals surface area contributed by atoms with Crippen molar-refractivity contribution in [2.75, 3.05) is 66.1 Å². The average molecular weight is 1030 g/mol. The van der Waals surface area contributed by atoms with Gasteiger partial charge in [-0.25, -0.2) is 9.59 Å². The van der Waals surface area contributed by atoms with Gasteiger partial charge in [0.25, 0.3) is 0 Å². The molecule has 0 spiro atoms. The normalized spacial score (nSPS) is 12.0. The number of amides is 2. The third-order valence-corrected chi connectivity index (χ3v) is 9.58. The number of carboxylic acids is 1. The molecule has 0 aliphatic rings. The number of benzene rings is 3. The first-order valence-electron chi connectivity index (χ1n) is 25.0. The van der Waals surface area contributed by atoms with E-state index in [0.717, 1.165) is 29.5 Å². The zero-order valence-electron chi connectivity index (χ0n) is 44.2. The molecular weight excluding hydrogens is 945 g/mol. The molecule has 0 fully saturated rings. The summed E-state index contributed by atoms with van der Waals surface area (Å²) < 4.78 is 48.7. The molecule has 0 saturated carbocycles. The van der Waals surface area contributed by atoms with Crippen molar-refractivity contribution < 1.29 is 76.5 Å². The third-order valence-electron chi connectivity index (χ3n) is 9.58. The Bertz CT molecular complexity index is 2030. The number of carbonyl (C=O) groups excluding carboxylic acids is 5. The number of ether oxygens (including phenoxy) is 9. The number of aliphatic carboxylic acids is 1. The highest BCUT2D eigenvalue weighted by Gasteiger charge is 2.24. The summed E-state index contributed by atoms with van der Waals surface area (Å²) in [5, 5.41) is 14.7. The number of esters is 3. The molecule has 0 unspecified atom stereocenters. The van der Waals surface area contributed by atoms with Crippen LogP contribution in [0.3, 0.4) is 0 Å². The monoisotopic (exact) mass is 1020 g/mol. The van der Waals surface area contributed by atoms with Gasteiger partial charge in [0.1, 0.15) is 54.6 Å². The van der Waals surface area contributed by atoms with Gasteiger partial charge < -0.3 is 58.4 Å². The Morgan fingerprint density at radius 1 is 0.479 bits per heavy atom. The minimum atomic E-state index is -1.10. The summed E-state index contributed by atoms with van der Waals surface area (Å²) in [6.45, 7) is 18.5. The number of hydrogen-bond donors (Lipinski definition) is 3. The van der Waals surface area contributed by atoms with Crippen LogP contribution in [0.5, 0.6) is 11.5 Å². The van der Waals surface area contributed by atoms with Crippen LogP contribution in [-0.2, 0) is 81.4 Å². The molecule has 0 bridgehead atoms. The first-order chi connectivity index (χ1) is 34.8. The summed E-state index contributed by atoms with van der Waals surface area (Å²) >= 11 is 0. The molecule has 73 heavy (non-hydrogen) atoms. The van der Waals surface area contributed by atoms with Gasteiger partial charge in [0.2, 0.25) is 11.8 Å². The highest BCUT2D eigenvalue weighted by atomic mass is 16.6. The van der Waals surface area contributed by atoms with Gasteiger partial charge in [0.05, 0.1) is 52.5 Å². The van der Waals surface area contributed by atoms with Crippen LogP contribution in [0.2, 0.25) is 0 Å². The van der Waals surface area contributed by atoms with Crippen molar-refractivity contribution in [3.63, 3.8) is 0 Å². The molecule has 0 aromatic heterocycles. The Morgan fingerprint density at radius 2 is 0.877 bits per heavy atom. The Morgan fingerprint density at radius 3 is 1.29 bits per heavy atom. The molecule has 3 aromatic carbocycles. The second kappa shape index (κ2) is 35.9. The zero-order valence-corrected chi connectivity index (χ0v) is 44.2. The predicted molar refractivity (Wildman–Crippen MR) is 273 cm³/mol. The average Bonchev–Trinajstić information content (AvgIpc) is 3.33. The Kier molecular flexibility index (Phi) is 31.0. The van der Waals surface area contributed by atoms with E-state index in [1.807, 2.05) is 97.9 Å². The smallest absolute Gasteiger partial charge is 0.329 e. The van der Waals surface area contributed by atoms with E-state index >= 15 is 0 Å². The van der Waals surface area contributed by atoms with Crippen molar-refractivity contribution >= 4 is 35.7 Å². The van der Waals surface area contributed by atoms with Crippen LogP contribution < -0.4 is 20.1 Å². The van der Waals surface area contributed by atoms with Gasteiger partial charge in [0.15, 0.2) is 0 Å². The van der Waals surface area contributed by atoms with E-state index in [9.17, 15) is 33.9 Å². The first-order valence-corrected chi connectivity index (χ1v) is 25.0. The van der Waals surface area contributed by atoms with Gasteiger partial charge >= 0.3 is 23.9 Å². The third kappa shape index (κ3) is 32.6. The summed E-state index contributed by atoms with van der Waals surface area (Å²) in [5.41, 5.74) is 1.44. The van der Waals surface area contributed by atoms with E-state index < -0.39 is 35.2 Å². The van der Waals surface area contributed by atoms with E-state index in [1.54, 1.807) is 36.4 Å². The second-order valence-electron chi connectivity index (χ2n) is 18.7. The van der Waals surface area contributed by atoms with Crippen molar-refractivity contribution in [2.45, 2.75) is 137 Å². The molecule has 3 rings (SSSR count). The molecule has 3 N–H and O–H groups in total. The van der Waals surface area contributed by atoms with Crippen LogP contribution in [-0.4, -0.2) is 130 Å². The van der Waals surface area contributed by atoms with Crippen LogP contribution in [0, 0.1) is 0 Å². The quantitative estimate of drug-likeness (QED) is 0.0307. The number of carboxylic acid groups (broad SMARTS) is 1. The van der Waals surface area contributed by atoms with Gasteiger partial charge in [-0.1, -0.05) is 68.4 Å². The molecule has 406 valence electrons. The highest BCUT2D eigenvalue weighted by Crippen LogP contribution is 2.17. The maximum atomic E-state index is 12.9. The molecule has 3 aromatic rings. The minimum Gasteiger partial charge on any atom is -0.491 e. The summed E-state index contributed by atoms with van der Waals surface area (Å²) in [5.74, 6) is -1.59. The molecule has 2 atom stereocenters. The lowest BCUT2D eigenvalue weighted by molar-refractivity contribution is -0.157. The molecule has 0 radical (unpaired) electrons. The Labute approximate surface area is 431 Å². The van der Waals surface area contributed by atoms with E-state index in [4.69, 9.17) is 42.6 Å². The van der Waals surface area contributed by atoms with Gasteiger partial charge in [-0.3, -0.25) is 19.2 Å². The van der Waals surface area contributed by atoms with Crippen molar-refractivity contribution in [3.05, 3.63) is 95.6 Å². The molecule has 18 heteroatoms. The molecule has 18 nitrogen and oxygen atoms in total. The van der Waals surface area contributed by atoms with Crippen molar-refractivity contribution in [1.82, 2.24) is 10.6 Å². The lowest BCUT2D eigenvalue weighted by Crippen LogP contribution is -2.43. The van der Waals surface area contributed by atoms with Crippen LogP contribution in [0.1, 0.15) is 111 Å². The number of nitrogens with one attached hydrogen (secondary N) is 2. The van der Waals surface area contributed by atoms with Crippen LogP contribution in [0.15, 0.2) is 78.9 Å². The standard InChI is InChI=1S/C31H43NO8.C24H37NO8/c1-5-17-36-18-15-28(33)32-27(30(35)39-23-25-9-7-6-8-10-25)22-24-11-13-26(14-12-24)38-21-20-37-19-16-29(34)40-31(2,3)4;1-5-12-30-13-10-21(26)25-20(23(28)29)17-18-6-8-19(9-7-18)32-16-15-31-14-11-22(27)33-24(2,3)4/h6-14,27H,5,15-23H2,1-4H3,(H,32,33);6-9,20H,5,10-17H2,1-4H3,(H,25,26)(H,28,29)/t27-;20-/m00/s1. The van der Waals surface area contributed by atoms with Crippen LogP contribution in [0.4, 0.5) is 0 Å². The fraction of sp³-hybridized carbons (Fsp3) is 0.564. The summed E-state index contributed by atoms with van der Waals surface area (Å²) in [7, 11) is 0. The van der Waals surface area contributed by atoms with Gasteiger partial charge in [-0.2, -0.15) is 0 Å². The molecule has 0 aliphatic carbocycles. The maximum Gasteiger partial charge on any atom is 0.329 e. The van der Waals surface area contributed by atoms with Crippen LogP contribution >= 0.6 is 0 Å². The number of rotatable bonds is 34. The second-order valence-corrected chi connectivity index (χ2v) is 18.7. The van der Waals surface area contributed by atoms with E-state index in [0.29, 0.717) is 57.7 Å². The number of carbonyl (C=O) groups is 6. The summed E-state index contributed by atoms with van der Waals surface area (Å²) in [4.78, 5) is 72.1. The molecule has 0 saturated heterocycles. The SMILES string of the molecule is CCCOCCC(=O)N[C@@H](Cc1ccc(OCCOCCC(=O)OC(C)(C)C)cc1)C(=O)O.CCCOCCC(=O)N[C@@H](Cc1ccc(OCCOCCC(=O)OC(C)(C)C)cc1)C(=O)OCc1ccccc1. The summed E-state index contributed by atoms with van der Waals surface area (Å²) in [6, 6.07) is 21.8. The molecule has 2 amide bonds. The number of hydrogen-bond acceptors (Lipinski definition) is 15. The van der Waals surface area contributed by atoms with E-state index in [2.05, 4.69) is 10.6 Å². The van der Waals surface area contributed by atoms with E-state index in [1.165, 1.54) is 0 Å². The predicted octanol–water partition coefficient (Wildman–Crippen LogP) is 7.14. The van der Waals surface area contributed by atoms with Crippen LogP contribution in [0.25, 0.3) is 0 Å². The maximum absolute atomic E-state index is 12.9. The van der Waals surface area contributed by atoms with Crippen molar-refractivity contribution in [2.24, 2.45) is 0 Å². The van der Waals surface area contributed by atoms with Gasteiger partial charge in [-0.15, -0.1) is 0 Å². The molecule has 0 aliphatic heterocycles. The lowest BCUT2D eigenvalue weighted by Gasteiger charge is -2.19. The van der Waals surface area contributed by atoms with E-state index in [-0.39, 0.29) is 88.7 Å². The fourth-order valence-electron chi connectivity index (χ4n) is 6.23. The first kappa shape index (κ1) is 63.0. The highest BCUT2D eigenvalue weighted by molar-refractivity contribution is 5.85. The topological polar surface area (TPSA) is 230 Å². The van der Waals surface area contributed by atoms with Crippen molar-refractivity contribution in [3.8, 4) is 11.5 Å². The largest absolute Gasteiger partial charge is 0.491 e. The molecular formula is C55H80N2O16. The molecule has 0 heterocycles. The summed E-state index contributed by atoms with van der Waals surface area (Å²) in [6.07, 6.45) is 2.80. The lowest BCUT2D eigenvalue weighted by atomic mass is 10.1. The van der Waals surface area contributed by atoms with Crippen molar-refractivity contribution in [1.29, 1.82) is 0 Å². The minimum absolute atomic E-state index is 0.121. The zero-order chi connectivity index (χ0) is 53.9. The van der Waals surface area contributed by atoms with Gasteiger partial charge in [0, 0.05) is 38.9 Å². The Hall–Kier alpha value is -6.08. The van der Waals surface area contributed by atoms with Gasteiger partial charge in [-0.05, 0) is 95.3 Å².